The van der Waals surface area contributed by atoms with Crippen LogP contribution in [0.15, 0.2) is 71.6 Å². The number of sulfonamides is 1. The quantitative estimate of drug-likeness (QED) is 0.624. The summed E-state index contributed by atoms with van der Waals surface area (Å²) in [7, 11) is -3.94. The fraction of sp³-hybridized carbons (Fsp3) is 0.174. The Morgan fingerprint density at radius 3 is 2.48 bits per heavy atom. The molecule has 1 N–H and O–H groups in total. The number of hydrogen-bond donors (Lipinski definition) is 1. The number of benzene rings is 3. The largest absolute Gasteiger partial charge is 0.476 e. The second kappa shape index (κ2) is 8.24. The predicted octanol–water partition coefficient (Wildman–Crippen LogP) is 4.55. The number of fused-ring (bicyclic) bond motifs is 1. The lowest BCUT2D eigenvalue weighted by Gasteiger charge is -2.35. The number of amides is 1. The van der Waals surface area contributed by atoms with Crippen LogP contribution in [0.5, 0.6) is 5.75 Å². The first-order valence-electron chi connectivity index (χ1n) is 9.68. The van der Waals surface area contributed by atoms with Crippen LogP contribution in [-0.2, 0) is 14.8 Å². The molecule has 3 aromatic rings. The van der Waals surface area contributed by atoms with Crippen molar-refractivity contribution in [3.05, 3.63) is 82.9 Å². The predicted molar refractivity (Wildman–Crippen MR) is 121 cm³/mol. The summed E-state index contributed by atoms with van der Waals surface area (Å²) in [5.74, 6) is -0.157. The molecule has 1 heterocycles. The van der Waals surface area contributed by atoms with Gasteiger partial charge in [-0.05, 0) is 55.8 Å². The van der Waals surface area contributed by atoms with Gasteiger partial charge < -0.3 is 10.1 Å². The van der Waals surface area contributed by atoms with E-state index in [2.05, 4.69) is 5.32 Å². The monoisotopic (exact) mass is 456 g/mol. The van der Waals surface area contributed by atoms with E-state index in [0.29, 0.717) is 16.4 Å². The van der Waals surface area contributed by atoms with Crippen LogP contribution in [0.1, 0.15) is 11.1 Å². The molecule has 4 rings (SSSR count). The zero-order chi connectivity index (χ0) is 22.2. The number of hydrogen-bond acceptors (Lipinski definition) is 4. The Hall–Kier alpha value is -3.03. The second-order valence-corrected chi connectivity index (χ2v) is 9.67. The zero-order valence-electron chi connectivity index (χ0n) is 17.0. The van der Waals surface area contributed by atoms with E-state index in [1.54, 1.807) is 42.5 Å². The van der Waals surface area contributed by atoms with Gasteiger partial charge in [0.2, 0.25) is 0 Å². The van der Waals surface area contributed by atoms with Crippen LogP contribution >= 0.6 is 11.6 Å². The third-order valence-electron chi connectivity index (χ3n) is 5.09. The molecule has 0 unspecified atom stereocenters. The second-order valence-electron chi connectivity index (χ2n) is 7.37. The molecular weight excluding hydrogens is 436 g/mol. The molecule has 0 saturated heterocycles. The first kappa shape index (κ1) is 21.2. The fourth-order valence-electron chi connectivity index (χ4n) is 3.35. The van der Waals surface area contributed by atoms with Crippen LogP contribution < -0.4 is 14.4 Å². The Balaban J connectivity index is 1.71. The number of ether oxygens (including phenoxy) is 1. The van der Waals surface area contributed by atoms with E-state index >= 15 is 0 Å². The van der Waals surface area contributed by atoms with Crippen molar-refractivity contribution in [3.8, 4) is 5.75 Å². The van der Waals surface area contributed by atoms with Crippen molar-refractivity contribution in [3.63, 3.8) is 0 Å². The molecule has 31 heavy (non-hydrogen) atoms. The van der Waals surface area contributed by atoms with Gasteiger partial charge in [0, 0.05) is 10.7 Å². The summed E-state index contributed by atoms with van der Waals surface area (Å²) < 4.78 is 33.9. The number of carbonyl (C=O) groups is 1. The molecule has 1 aliphatic rings. The zero-order valence-corrected chi connectivity index (χ0v) is 18.6. The first-order chi connectivity index (χ1) is 14.8. The minimum atomic E-state index is -3.94. The number of rotatable bonds is 4. The summed E-state index contributed by atoms with van der Waals surface area (Å²) >= 11 is 6.13. The van der Waals surface area contributed by atoms with Gasteiger partial charge in [-0.2, -0.15) is 0 Å². The average Bonchev–Trinajstić information content (AvgIpc) is 2.74. The smallest absolute Gasteiger partial charge is 0.267 e. The maximum Gasteiger partial charge on any atom is 0.267 e. The Labute approximate surface area is 186 Å². The molecule has 8 heteroatoms. The topological polar surface area (TPSA) is 75.7 Å². The fourth-order valence-corrected chi connectivity index (χ4v) is 4.99. The van der Waals surface area contributed by atoms with E-state index < -0.39 is 22.0 Å². The number of halogens is 1. The lowest BCUT2D eigenvalue weighted by Crippen LogP contribution is -2.48. The van der Waals surface area contributed by atoms with Gasteiger partial charge in [0.15, 0.2) is 6.10 Å². The molecule has 6 nitrogen and oxygen atoms in total. The molecule has 1 atom stereocenters. The highest BCUT2D eigenvalue weighted by molar-refractivity contribution is 7.92. The molecule has 160 valence electrons. The van der Waals surface area contributed by atoms with E-state index in [-0.39, 0.29) is 17.2 Å². The van der Waals surface area contributed by atoms with Gasteiger partial charge in [-0.25, -0.2) is 8.42 Å². The van der Waals surface area contributed by atoms with Crippen LogP contribution in [0.25, 0.3) is 0 Å². The number of anilines is 2. The Morgan fingerprint density at radius 1 is 1.06 bits per heavy atom. The summed E-state index contributed by atoms with van der Waals surface area (Å²) in [6, 6.07) is 18.6. The number of aryl methyl sites for hydroxylation is 2. The third-order valence-corrected chi connectivity index (χ3v) is 7.12. The van der Waals surface area contributed by atoms with E-state index in [9.17, 15) is 13.2 Å². The minimum Gasteiger partial charge on any atom is -0.476 e. The van der Waals surface area contributed by atoms with E-state index in [4.69, 9.17) is 16.3 Å². The number of para-hydroxylation sites is 1. The van der Waals surface area contributed by atoms with Gasteiger partial charge in [-0.3, -0.25) is 9.10 Å². The first-order valence-corrected chi connectivity index (χ1v) is 11.5. The SMILES string of the molecule is Cc1ccc(S(=O)(=O)N2C[C@@H](C(=O)Nc3ccccc3C)Oc3ccc(Cl)cc32)cc1. The highest BCUT2D eigenvalue weighted by Gasteiger charge is 2.37. The lowest BCUT2D eigenvalue weighted by atomic mass is 10.2. The van der Waals surface area contributed by atoms with Crippen molar-refractivity contribution in [2.75, 3.05) is 16.2 Å². The summed E-state index contributed by atoms with van der Waals surface area (Å²) in [5.41, 5.74) is 2.78. The van der Waals surface area contributed by atoms with Crippen molar-refractivity contribution < 1.29 is 17.9 Å². The highest BCUT2D eigenvalue weighted by Crippen LogP contribution is 2.39. The van der Waals surface area contributed by atoms with Crippen molar-refractivity contribution in [2.24, 2.45) is 0 Å². The lowest BCUT2D eigenvalue weighted by molar-refractivity contribution is -0.122. The summed E-state index contributed by atoms with van der Waals surface area (Å²) in [6.07, 6.45) is -1.03. The molecule has 0 spiro atoms. The molecule has 1 amide bonds. The molecule has 0 aromatic heterocycles. The molecule has 1 aliphatic heterocycles. The van der Waals surface area contributed by atoms with Crippen LogP contribution in [0.2, 0.25) is 5.02 Å². The van der Waals surface area contributed by atoms with E-state index in [1.807, 2.05) is 32.0 Å². The van der Waals surface area contributed by atoms with Gasteiger partial charge in [-0.15, -0.1) is 0 Å². The summed E-state index contributed by atoms with van der Waals surface area (Å²) in [6.45, 7) is 3.58. The maximum atomic E-state index is 13.4. The normalized spacial score (nSPS) is 15.7. The van der Waals surface area contributed by atoms with Crippen LogP contribution in [0.4, 0.5) is 11.4 Å². The maximum absolute atomic E-state index is 13.4. The van der Waals surface area contributed by atoms with Crippen LogP contribution in [-0.4, -0.2) is 27.0 Å². The molecule has 0 saturated carbocycles. The standard InChI is InChI=1S/C23H21ClN2O4S/c1-15-7-10-18(11-8-15)31(28,29)26-14-22(30-21-12-9-17(24)13-20(21)26)23(27)25-19-6-4-3-5-16(19)2/h3-13,22H,14H2,1-2H3,(H,25,27)/t22-/m0/s1. The van der Waals surface area contributed by atoms with Crippen molar-refractivity contribution in [1.82, 2.24) is 0 Å². The van der Waals surface area contributed by atoms with Gasteiger partial charge >= 0.3 is 0 Å². The van der Waals surface area contributed by atoms with Gasteiger partial charge in [0.1, 0.15) is 5.75 Å². The number of carbonyl (C=O) groups excluding carboxylic acids is 1. The van der Waals surface area contributed by atoms with Crippen LogP contribution in [0, 0.1) is 13.8 Å². The van der Waals surface area contributed by atoms with Gasteiger partial charge in [0.05, 0.1) is 17.1 Å². The van der Waals surface area contributed by atoms with Gasteiger partial charge in [0.25, 0.3) is 15.9 Å². The highest BCUT2D eigenvalue weighted by atomic mass is 35.5. The van der Waals surface area contributed by atoms with E-state index in [1.165, 1.54) is 10.4 Å². The molecule has 0 fully saturated rings. The Bertz CT molecular complexity index is 1240. The summed E-state index contributed by atoms with van der Waals surface area (Å²) in [4.78, 5) is 13.1. The molecule has 3 aromatic carbocycles. The summed E-state index contributed by atoms with van der Waals surface area (Å²) in [5, 5.41) is 3.20. The van der Waals surface area contributed by atoms with Crippen molar-refractivity contribution >= 4 is 38.9 Å². The Kier molecular flexibility index (Phi) is 5.64. The average molecular weight is 457 g/mol. The molecule has 0 bridgehead atoms. The van der Waals surface area contributed by atoms with Crippen molar-refractivity contribution in [1.29, 1.82) is 0 Å². The number of nitrogens with one attached hydrogen (secondary N) is 1. The van der Waals surface area contributed by atoms with E-state index in [0.717, 1.165) is 11.1 Å². The molecular formula is C23H21ClN2O4S. The Morgan fingerprint density at radius 2 is 1.77 bits per heavy atom. The third kappa shape index (κ3) is 4.24. The molecule has 0 radical (unpaired) electrons. The minimum absolute atomic E-state index is 0.129. The molecule has 0 aliphatic carbocycles. The van der Waals surface area contributed by atoms with Crippen molar-refractivity contribution in [2.45, 2.75) is 24.8 Å². The van der Waals surface area contributed by atoms with Crippen LogP contribution in [0.3, 0.4) is 0 Å². The van der Waals surface area contributed by atoms with Gasteiger partial charge in [-0.1, -0.05) is 47.5 Å². The number of nitrogens with zero attached hydrogens (tertiary/aromatic N) is 1.